The van der Waals surface area contributed by atoms with Crippen LogP contribution < -0.4 is 14.9 Å². The predicted molar refractivity (Wildman–Crippen MR) is 127 cm³/mol. The first kappa shape index (κ1) is 23.3. The van der Waals surface area contributed by atoms with Crippen molar-refractivity contribution in [2.45, 2.75) is 33.8 Å². The molecule has 3 rings (SSSR count). The van der Waals surface area contributed by atoms with Crippen LogP contribution in [0.3, 0.4) is 0 Å². The number of anilines is 1. The third-order valence-electron chi connectivity index (χ3n) is 4.63. The molecule has 0 amide bonds. The van der Waals surface area contributed by atoms with E-state index in [1.807, 2.05) is 18.2 Å². The molecule has 0 atom stereocenters. The zero-order chi connectivity index (χ0) is 22.9. The molecule has 3 aromatic rings. The maximum atomic E-state index is 11.5. The number of aryl methyl sites for hydroxylation is 2. The van der Waals surface area contributed by atoms with Crippen LogP contribution in [0.15, 0.2) is 46.9 Å². The molecule has 0 unspecified atom stereocenters. The molecule has 0 radical (unpaired) electrons. The Bertz CT molecular complexity index is 1090. The number of carbonyl (C=O) groups excluding carboxylic acids is 1. The quantitative estimate of drug-likeness (QED) is 0.267. The number of aromatic nitrogens is 1. The van der Waals surface area contributed by atoms with Crippen molar-refractivity contribution in [3.8, 4) is 11.5 Å². The first-order chi connectivity index (χ1) is 15.5. The van der Waals surface area contributed by atoms with Crippen LogP contribution in [0, 0.1) is 13.8 Å². The molecule has 0 fully saturated rings. The smallest absolute Gasteiger partial charge is 0.311 e. The highest BCUT2D eigenvalue weighted by atomic mass is 32.1. The highest BCUT2D eigenvalue weighted by Gasteiger charge is 2.09. The van der Waals surface area contributed by atoms with Gasteiger partial charge in [-0.05, 0) is 55.7 Å². The van der Waals surface area contributed by atoms with E-state index < -0.39 is 0 Å². The number of nitrogens with zero attached hydrogens (tertiary/aromatic N) is 2. The van der Waals surface area contributed by atoms with Crippen molar-refractivity contribution in [1.82, 2.24) is 4.98 Å². The summed E-state index contributed by atoms with van der Waals surface area (Å²) >= 11 is 1.37. The lowest BCUT2D eigenvalue weighted by Gasteiger charge is -2.13. The molecule has 1 aromatic heterocycles. The minimum atomic E-state index is -0.292. The van der Waals surface area contributed by atoms with Gasteiger partial charge in [-0.3, -0.25) is 10.2 Å². The summed E-state index contributed by atoms with van der Waals surface area (Å²) < 4.78 is 16.4. The van der Waals surface area contributed by atoms with Crippen molar-refractivity contribution in [2.75, 3.05) is 19.1 Å². The molecule has 32 heavy (non-hydrogen) atoms. The Morgan fingerprint density at radius 3 is 2.81 bits per heavy atom. The van der Waals surface area contributed by atoms with Gasteiger partial charge in [0.25, 0.3) is 0 Å². The minimum Gasteiger partial charge on any atom is -0.493 e. The number of hydrazone groups is 1. The molecule has 0 saturated heterocycles. The number of nitrogens with one attached hydrogen (secondary N) is 1. The first-order valence-electron chi connectivity index (χ1n) is 10.2. The molecular formula is C24H27N3O4S. The van der Waals surface area contributed by atoms with E-state index in [1.54, 1.807) is 25.6 Å². The van der Waals surface area contributed by atoms with E-state index in [9.17, 15) is 4.79 Å². The van der Waals surface area contributed by atoms with Gasteiger partial charge in [0.1, 0.15) is 6.61 Å². The molecule has 0 aliphatic carbocycles. The molecule has 0 aliphatic heterocycles. The van der Waals surface area contributed by atoms with Crippen LogP contribution in [0.25, 0.3) is 0 Å². The van der Waals surface area contributed by atoms with E-state index in [-0.39, 0.29) is 12.4 Å². The second-order valence-electron chi connectivity index (χ2n) is 7.12. The van der Waals surface area contributed by atoms with E-state index in [4.69, 9.17) is 14.2 Å². The van der Waals surface area contributed by atoms with E-state index in [0.717, 1.165) is 11.1 Å². The van der Waals surface area contributed by atoms with Crippen LogP contribution in [-0.2, 0) is 22.6 Å². The molecule has 168 valence electrons. The van der Waals surface area contributed by atoms with Gasteiger partial charge in [0.15, 0.2) is 11.5 Å². The zero-order valence-corrected chi connectivity index (χ0v) is 19.5. The Hall–Kier alpha value is -3.39. The van der Waals surface area contributed by atoms with Crippen LogP contribution >= 0.6 is 11.3 Å². The highest BCUT2D eigenvalue weighted by Crippen LogP contribution is 2.29. The lowest BCUT2D eigenvalue weighted by Crippen LogP contribution is -2.07. The topological polar surface area (TPSA) is 82.0 Å². The van der Waals surface area contributed by atoms with Gasteiger partial charge in [-0.15, -0.1) is 11.3 Å². The zero-order valence-electron chi connectivity index (χ0n) is 18.7. The van der Waals surface area contributed by atoms with Gasteiger partial charge >= 0.3 is 5.97 Å². The summed E-state index contributed by atoms with van der Waals surface area (Å²) in [4.78, 5) is 15.9. The predicted octanol–water partition coefficient (Wildman–Crippen LogP) is 4.90. The van der Waals surface area contributed by atoms with Crippen molar-refractivity contribution < 1.29 is 19.0 Å². The number of carbonyl (C=O) groups is 1. The van der Waals surface area contributed by atoms with Gasteiger partial charge in [0.05, 0.1) is 32.0 Å². The summed E-state index contributed by atoms with van der Waals surface area (Å²) in [6.45, 7) is 6.75. The van der Waals surface area contributed by atoms with Crippen LogP contribution in [0.4, 0.5) is 5.13 Å². The largest absolute Gasteiger partial charge is 0.493 e. The molecular weight excluding hydrogens is 426 g/mol. The van der Waals surface area contributed by atoms with E-state index in [2.05, 4.69) is 47.6 Å². The fourth-order valence-electron chi connectivity index (χ4n) is 2.96. The Morgan fingerprint density at radius 2 is 2.03 bits per heavy atom. The van der Waals surface area contributed by atoms with Crippen molar-refractivity contribution in [1.29, 1.82) is 0 Å². The van der Waals surface area contributed by atoms with Crippen LogP contribution in [0.2, 0.25) is 0 Å². The Balaban J connectivity index is 1.59. The average molecular weight is 454 g/mol. The summed E-state index contributed by atoms with van der Waals surface area (Å²) in [6.07, 6.45) is 1.82. The summed E-state index contributed by atoms with van der Waals surface area (Å²) in [5.41, 5.74) is 7.92. The highest BCUT2D eigenvalue weighted by molar-refractivity contribution is 7.13. The molecule has 2 aromatic carbocycles. The first-order valence-corrected chi connectivity index (χ1v) is 11.1. The molecule has 1 heterocycles. The van der Waals surface area contributed by atoms with Gasteiger partial charge in [-0.2, -0.15) is 5.10 Å². The lowest BCUT2D eigenvalue weighted by molar-refractivity contribution is -0.142. The van der Waals surface area contributed by atoms with Crippen molar-refractivity contribution in [2.24, 2.45) is 5.10 Å². The number of rotatable bonds is 10. The average Bonchev–Trinajstić information content (AvgIpc) is 3.21. The molecule has 8 heteroatoms. The Labute approximate surface area is 192 Å². The summed E-state index contributed by atoms with van der Waals surface area (Å²) in [6, 6.07) is 11.9. The van der Waals surface area contributed by atoms with E-state index >= 15 is 0 Å². The third-order valence-corrected chi connectivity index (χ3v) is 5.43. The molecule has 0 spiro atoms. The van der Waals surface area contributed by atoms with Gasteiger partial charge < -0.3 is 14.2 Å². The summed E-state index contributed by atoms with van der Waals surface area (Å²) in [7, 11) is 1.61. The van der Waals surface area contributed by atoms with Gasteiger partial charge in [-0.25, -0.2) is 4.98 Å². The molecule has 7 nitrogen and oxygen atoms in total. The van der Waals surface area contributed by atoms with Crippen molar-refractivity contribution in [3.05, 3.63) is 69.7 Å². The minimum absolute atomic E-state index is 0.149. The number of ether oxygens (including phenoxy) is 3. The van der Waals surface area contributed by atoms with Crippen LogP contribution in [0.5, 0.6) is 11.5 Å². The molecule has 0 saturated carbocycles. The number of hydrogen-bond acceptors (Lipinski definition) is 8. The third kappa shape index (κ3) is 6.55. The number of methoxy groups -OCH3 is 1. The second kappa shape index (κ2) is 11.3. The Kier molecular flexibility index (Phi) is 8.21. The van der Waals surface area contributed by atoms with Gasteiger partial charge in [-0.1, -0.05) is 23.8 Å². The summed E-state index contributed by atoms with van der Waals surface area (Å²) in [5.74, 6) is 1.01. The summed E-state index contributed by atoms with van der Waals surface area (Å²) in [5, 5.41) is 6.62. The van der Waals surface area contributed by atoms with E-state index in [1.165, 1.54) is 22.5 Å². The van der Waals surface area contributed by atoms with Crippen molar-refractivity contribution in [3.63, 3.8) is 0 Å². The number of hydrogen-bond donors (Lipinski definition) is 1. The Morgan fingerprint density at radius 1 is 1.19 bits per heavy atom. The van der Waals surface area contributed by atoms with Gasteiger partial charge in [0, 0.05) is 5.38 Å². The maximum Gasteiger partial charge on any atom is 0.311 e. The normalized spacial score (nSPS) is 10.9. The number of esters is 1. The maximum absolute atomic E-state index is 11.5. The fraction of sp³-hybridized carbons (Fsp3) is 0.292. The molecule has 0 bridgehead atoms. The SMILES string of the molecule is CCOC(=O)Cc1csc(N/N=C\c2ccc(OCc3cc(C)ccc3C)c(OC)c2)n1. The monoisotopic (exact) mass is 453 g/mol. The van der Waals surface area contributed by atoms with Gasteiger partial charge in [0.2, 0.25) is 5.13 Å². The fourth-order valence-corrected chi connectivity index (χ4v) is 3.62. The van der Waals surface area contributed by atoms with Crippen molar-refractivity contribution >= 4 is 28.7 Å². The van der Waals surface area contributed by atoms with Crippen LogP contribution in [-0.4, -0.2) is 30.9 Å². The van der Waals surface area contributed by atoms with Crippen LogP contribution in [0.1, 0.15) is 34.9 Å². The van der Waals surface area contributed by atoms with E-state index in [0.29, 0.717) is 35.5 Å². The number of thiazole rings is 1. The molecule has 0 aliphatic rings. The standard InChI is InChI=1S/C24H27N3O4S/c1-5-30-23(28)12-20-15-32-24(26-20)27-25-13-18-8-9-21(22(11-18)29-4)31-14-19-10-16(2)6-7-17(19)3/h6-11,13,15H,5,12,14H2,1-4H3,(H,26,27)/b25-13-. The number of benzene rings is 2. The lowest BCUT2D eigenvalue weighted by atomic mass is 10.1. The molecule has 1 N–H and O–H groups in total. The second-order valence-corrected chi connectivity index (χ2v) is 7.98.